The van der Waals surface area contributed by atoms with Crippen molar-refractivity contribution < 1.29 is 33.3 Å². The Kier molecular flexibility index (Phi) is 5.46. The molecule has 0 saturated carbocycles. The minimum Gasteiger partial charge on any atom is -0.549 e. The van der Waals surface area contributed by atoms with Gasteiger partial charge in [-0.2, -0.15) is 5.26 Å². The zero-order valence-electron chi connectivity index (χ0n) is 11.7. The highest BCUT2D eigenvalue weighted by atomic mass is 16.7. The van der Waals surface area contributed by atoms with E-state index in [1.807, 2.05) is 0 Å². The topological polar surface area (TPSA) is 122 Å². The highest BCUT2D eigenvalue weighted by Crippen LogP contribution is 2.39. The van der Waals surface area contributed by atoms with Crippen LogP contribution in [-0.4, -0.2) is 39.1 Å². The molecular formula is C13H14NO7-. The highest BCUT2D eigenvalue weighted by molar-refractivity contribution is 5.82. The third kappa shape index (κ3) is 2.89. The molecule has 1 heterocycles. The SMILES string of the molecule is COC(=O)C(OC)(OC)C(c1ccco1)C(C#N)C(=O)[O-]. The number of carboxylic acid groups (broad SMARTS) is 1. The Morgan fingerprint density at radius 2 is 2.00 bits per heavy atom. The van der Waals surface area contributed by atoms with Crippen LogP contribution in [0.5, 0.6) is 0 Å². The Bertz CT molecular complexity index is 527. The van der Waals surface area contributed by atoms with Crippen LogP contribution in [-0.2, 0) is 23.8 Å². The molecular weight excluding hydrogens is 282 g/mol. The van der Waals surface area contributed by atoms with Crippen LogP contribution in [0.1, 0.15) is 11.7 Å². The van der Waals surface area contributed by atoms with E-state index in [-0.39, 0.29) is 5.76 Å². The number of aliphatic carboxylic acids is 1. The number of nitrogens with zero attached hydrogens (tertiary/aromatic N) is 1. The van der Waals surface area contributed by atoms with Crippen molar-refractivity contribution in [3.8, 4) is 6.07 Å². The van der Waals surface area contributed by atoms with Crippen LogP contribution in [0.15, 0.2) is 22.8 Å². The maximum absolute atomic E-state index is 12.0. The van der Waals surface area contributed by atoms with E-state index in [0.29, 0.717) is 0 Å². The van der Waals surface area contributed by atoms with E-state index >= 15 is 0 Å². The summed E-state index contributed by atoms with van der Waals surface area (Å²) in [6.07, 6.45) is 1.26. The summed E-state index contributed by atoms with van der Waals surface area (Å²) in [5.74, 6) is -8.01. The minimum atomic E-state index is -2.16. The van der Waals surface area contributed by atoms with Crippen molar-refractivity contribution in [1.29, 1.82) is 5.26 Å². The zero-order valence-corrected chi connectivity index (χ0v) is 11.7. The van der Waals surface area contributed by atoms with Gasteiger partial charge < -0.3 is 28.5 Å². The number of carboxylic acids is 1. The number of hydrogen-bond donors (Lipinski definition) is 0. The Hall–Kier alpha value is -2.37. The lowest BCUT2D eigenvalue weighted by atomic mass is 9.83. The molecule has 0 radical (unpaired) electrons. The number of ether oxygens (including phenoxy) is 3. The summed E-state index contributed by atoms with van der Waals surface area (Å²) in [4.78, 5) is 23.3. The Balaban J connectivity index is 3.51. The maximum Gasteiger partial charge on any atom is 0.367 e. The molecule has 0 aliphatic rings. The van der Waals surface area contributed by atoms with Gasteiger partial charge in [-0.15, -0.1) is 0 Å². The standard InChI is InChI=1S/C13H15NO7/c1-18-12(17)13(19-2,20-3)10(8(7-14)11(15)16)9-5-4-6-21-9/h4-6,8,10H,1-3H3,(H,15,16)/p-1. The molecule has 1 rings (SSSR count). The van der Waals surface area contributed by atoms with Gasteiger partial charge >= 0.3 is 5.97 Å². The van der Waals surface area contributed by atoms with Crippen molar-refractivity contribution >= 4 is 11.9 Å². The third-order valence-electron chi connectivity index (χ3n) is 3.06. The number of carbonyl (C=O) groups is 2. The van der Waals surface area contributed by atoms with Gasteiger partial charge in [0.1, 0.15) is 17.6 Å². The van der Waals surface area contributed by atoms with E-state index in [4.69, 9.17) is 19.2 Å². The second-order valence-electron chi connectivity index (χ2n) is 3.99. The molecule has 2 atom stereocenters. The number of furan rings is 1. The average molecular weight is 296 g/mol. The molecule has 0 spiro atoms. The van der Waals surface area contributed by atoms with E-state index in [9.17, 15) is 14.7 Å². The molecule has 0 amide bonds. The first-order chi connectivity index (χ1) is 9.98. The molecule has 0 bridgehead atoms. The fraction of sp³-hybridized carbons (Fsp3) is 0.462. The van der Waals surface area contributed by atoms with Gasteiger partial charge in [-0.3, -0.25) is 0 Å². The van der Waals surface area contributed by atoms with E-state index in [2.05, 4.69) is 4.74 Å². The van der Waals surface area contributed by atoms with Gasteiger partial charge in [0, 0.05) is 14.2 Å². The van der Waals surface area contributed by atoms with Gasteiger partial charge in [0.2, 0.25) is 0 Å². The fourth-order valence-corrected chi connectivity index (χ4v) is 2.08. The molecule has 2 unspecified atom stereocenters. The number of nitriles is 1. The van der Waals surface area contributed by atoms with Crippen molar-refractivity contribution in [2.75, 3.05) is 21.3 Å². The minimum absolute atomic E-state index is 0.0138. The van der Waals surface area contributed by atoms with E-state index in [1.165, 1.54) is 18.4 Å². The van der Waals surface area contributed by atoms with E-state index in [1.54, 1.807) is 6.07 Å². The summed E-state index contributed by atoms with van der Waals surface area (Å²) in [5.41, 5.74) is 0. The van der Waals surface area contributed by atoms with Crippen molar-refractivity contribution in [3.63, 3.8) is 0 Å². The average Bonchev–Trinajstić information content (AvgIpc) is 3.00. The third-order valence-corrected chi connectivity index (χ3v) is 3.06. The smallest absolute Gasteiger partial charge is 0.367 e. The molecule has 8 heteroatoms. The second kappa shape index (κ2) is 6.88. The number of esters is 1. The lowest BCUT2D eigenvalue weighted by Gasteiger charge is -2.36. The van der Waals surface area contributed by atoms with Crippen LogP contribution >= 0.6 is 0 Å². The molecule has 1 aromatic heterocycles. The molecule has 21 heavy (non-hydrogen) atoms. The number of methoxy groups -OCH3 is 3. The lowest BCUT2D eigenvalue weighted by Crippen LogP contribution is -2.53. The predicted molar refractivity (Wildman–Crippen MR) is 64.3 cm³/mol. The molecule has 0 aromatic carbocycles. The van der Waals surface area contributed by atoms with Crippen molar-refractivity contribution in [1.82, 2.24) is 0 Å². The van der Waals surface area contributed by atoms with Gasteiger partial charge in [-0.05, 0) is 12.1 Å². The van der Waals surface area contributed by atoms with E-state index in [0.717, 1.165) is 21.3 Å². The number of hydrogen-bond acceptors (Lipinski definition) is 8. The molecule has 0 saturated heterocycles. The second-order valence-corrected chi connectivity index (χ2v) is 3.99. The molecule has 0 aliphatic heterocycles. The van der Waals surface area contributed by atoms with Crippen LogP contribution in [0.25, 0.3) is 0 Å². The number of carbonyl (C=O) groups excluding carboxylic acids is 2. The van der Waals surface area contributed by atoms with Crippen molar-refractivity contribution in [2.24, 2.45) is 5.92 Å². The van der Waals surface area contributed by atoms with Crippen LogP contribution in [0.4, 0.5) is 0 Å². The Labute approximate surface area is 120 Å². The summed E-state index contributed by atoms with van der Waals surface area (Å²) < 4.78 is 19.8. The predicted octanol–water partition coefficient (Wildman–Crippen LogP) is -0.585. The summed E-state index contributed by atoms with van der Waals surface area (Å²) in [6, 6.07) is 4.42. The summed E-state index contributed by atoms with van der Waals surface area (Å²) >= 11 is 0. The first-order valence-corrected chi connectivity index (χ1v) is 5.81. The summed E-state index contributed by atoms with van der Waals surface area (Å²) in [5, 5.41) is 20.3. The molecule has 114 valence electrons. The van der Waals surface area contributed by atoms with Crippen LogP contribution < -0.4 is 5.11 Å². The van der Waals surface area contributed by atoms with Crippen LogP contribution in [0.3, 0.4) is 0 Å². The molecule has 1 aromatic rings. The maximum atomic E-state index is 12.0. The van der Waals surface area contributed by atoms with E-state index < -0.39 is 29.6 Å². The molecule has 0 aliphatic carbocycles. The van der Waals surface area contributed by atoms with Crippen molar-refractivity contribution in [2.45, 2.75) is 11.7 Å². The summed E-state index contributed by atoms with van der Waals surface area (Å²) in [7, 11) is 3.33. The molecule has 8 nitrogen and oxygen atoms in total. The quantitative estimate of drug-likeness (QED) is 0.483. The van der Waals surface area contributed by atoms with Crippen molar-refractivity contribution in [3.05, 3.63) is 24.2 Å². The number of rotatable bonds is 7. The van der Waals surface area contributed by atoms with Gasteiger partial charge in [0.05, 0.1) is 25.4 Å². The first kappa shape index (κ1) is 16.7. The molecule has 0 fully saturated rings. The van der Waals surface area contributed by atoms with Crippen LogP contribution in [0, 0.1) is 17.2 Å². The van der Waals surface area contributed by atoms with Gasteiger partial charge in [-0.1, -0.05) is 0 Å². The molecule has 0 N–H and O–H groups in total. The van der Waals surface area contributed by atoms with Gasteiger partial charge in [0.25, 0.3) is 5.79 Å². The largest absolute Gasteiger partial charge is 0.549 e. The Morgan fingerprint density at radius 3 is 2.33 bits per heavy atom. The highest BCUT2D eigenvalue weighted by Gasteiger charge is 2.54. The lowest BCUT2D eigenvalue weighted by molar-refractivity contribution is -0.314. The first-order valence-electron chi connectivity index (χ1n) is 5.81. The Morgan fingerprint density at radius 1 is 1.38 bits per heavy atom. The monoisotopic (exact) mass is 296 g/mol. The normalized spacial score (nSPS) is 14.0. The zero-order chi connectivity index (χ0) is 16.0. The van der Waals surface area contributed by atoms with Gasteiger partial charge in [0.15, 0.2) is 0 Å². The summed E-state index contributed by atoms with van der Waals surface area (Å²) in [6.45, 7) is 0. The van der Waals surface area contributed by atoms with Gasteiger partial charge in [-0.25, -0.2) is 4.79 Å². The van der Waals surface area contributed by atoms with Crippen LogP contribution in [0.2, 0.25) is 0 Å². The fourth-order valence-electron chi connectivity index (χ4n) is 2.08.